The Hall–Kier alpha value is -2.34. The number of carboxylic acid groups (broad SMARTS) is 1. The first-order chi connectivity index (χ1) is 9.63. The van der Waals surface area contributed by atoms with Crippen LogP contribution in [0.15, 0.2) is 47.2 Å². The molecular weight excluding hydrogens is 322 g/mol. The van der Waals surface area contributed by atoms with Crippen molar-refractivity contribution in [2.75, 3.05) is 0 Å². The number of carboxylic acids is 1. The quantitative estimate of drug-likeness (QED) is 0.781. The highest BCUT2D eigenvalue weighted by Crippen LogP contribution is 2.20. The van der Waals surface area contributed by atoms with Crippen molar-refractivity contribution in [1.82, 2.24) is 15.0 Å². The van der Waals surface area contributed by atoms with E-state index in [2.05, 4.69) is 30.9 Å². The predicted molar refractivity (Wildman–Crippen MR) is 77.4 cm³/mol. The van der Waals surface area contributed by atoms with Crippen LogP contribution >= 0.6 is 15.9 Å². The minimum atomic E-state index is -0.951. The lowest BCUT2D eigenvalue weighted by Crippen LogP contribution is -1.96. The number of hydrogen-bond acceptors (Lipinski definition) is 4. The first kappa shape index (κ1) is 12.7. The smallest absolute Gasteiger partial charge is 0.335 e. The Morgan fingerprint density at radius 3 is 2.55 bits per heavy atom. The van der Waals surface area contributed by atoms with Crippen LogP contribution in [0.5, 0.6) is 0 Å². The summed E-state index contributed by atoms with van der Waals surface area (Å²) in [5, 5.41) is 8.87. The zero-order valence-electron chi connectivity index (χ0n) is 10.1. The summed E-state index contributed by atoms with van der Waals surface area (Å²) in [7, 11) is 0. The molecule has 0 amide bonds. The van der Waals surface area contributed by atoms with Gasteiger partial charge in [0.2, 0.25) is 0 Å². The van der Waals surface area contributed by atoms with Crippen LogP contribution in [0.25, 0.3) is 22.4 Å². The molecule has 5 nitrogen and oxygen atoms in total. The number of hydrogen-bond donors (Lipinski definition) is 1. The molecule has 0 atom stereocenters. The van der Waals surface area contributed by atoms with Crippen molar-refractivity contribution in [1.29, 1.82) is 0 Å². The molecule has 0 aliphatic rings. The fraction of sp³-hybridized carbons (Fsp3) is 0. The molecule has 98 valence electrons. The summed E-state index contributed by atoms with van der Waals surface area (Å²) < 4.78 is 0.845. The molecule has 6 heteroatoms. The molecular formula is C14H8BrN3O2. The summed E-state index contributed by atoms with van der Waals surface area (Å²) in [4.78, 5) is 23.7. The molecule has 0 fully saturated rings. The maximum absolute atomic E-state index is 10.8. The predicted octanol–water partition coefficient (Wildman–Crippen LogP) is 3.15. The van der Waals surface area contributed by atoms with E-state index in [4.69, 9.17) is 5.11 Å². The molecule has 1 aromatic carbocycles. The van der Waals surface area contributed by atoms with E-state index >= 15 is 0 Å². The fourth-order valence-corrected chi connectivity index (χ4v) is 2.12. The van der Waals surface area contributed by atoms with Crippen molar-refractivity contribution in [2.24, 2.45) is 0 Å². The van der Waals surface area contributed by atoms with Gasteiger partial charge in [0.05, 0.1) is 17.5 Å². The normalized spacial score (nSPS) is 10.7. The Bertz CT molecular complexity index is 803. The lowest BCUT2D eigenvalue weighted by atomic mass is 10.1. The third kappa shape index (κ3) is 2.37. The third-order valence-electron chi connectivity index (χ3n) is 2.79. The average molecular weight is 330 g/mol. The highest BCUT2D eigenvalue weighted by atomic mass is 79.9. The molecule has 2 aromatic heterocycles. The molecule has 3 rings (SSSR count). The standard InChI is InChI=1S/C14H8BrN3O2/c15-10-5-11-13(17-6-10)18-12(7-16-11)8-1-3-9(4-2-8)14(19)20/h1-7H,(H,19,20). The molecule has 2 heterocycles. The minimum absolute atomic E-state index is 0.240. The SMILES string of the molecule is O=C(O)c1ccc(-c2cnc3cc(Br)cnc3n2)cc1. The lowest BCUT2D eigenvalue weighted by molar-refractivity contribution is 0.0697. The monoisotopic (exact) mass is 329 g/mol. The van der Waals surface area contributed by atoms with E-state index in [9.17, 15) is 4.79 Å². The molecule has 0 aliphatic heterocycles. The number of rotatable bonds is 2. The van der Waals surface area contributed by atoms with E-state index in [1.54, 1.807) is 36.7 Å². The number of carbonyl (C=O) groups is 1. The van der Waals surface area contributed by atoms with E-state index < -0.39 is 5.97 Å². The van der Waals surface area contributed by atoms with Gasteiger partial charge in [-0.15, -0.1) is 0 Å². The molecule has 20 heavy (non-hydrogen) atoms. The topological polar surface area (TPSA) is 76.0 Å². The van der Waals surface area contributed by atoms with Gasteiger partial charge in [0.1, 0.15) is 5.52 Å². The van der Waals surface area contributed by atoms with Crippen LogP contribution in [0.1, 0.15) is 10.4 Å². The number of halogens is 1. The third-order valence-corrected chi connectivity index (χ3v) is 3.23. The van der Waals surface area contributed by atoms with Crippen molar-refractivity contribution < 1.29 is 9.90 Å². The minimum Gasteiger partial charge on any atom is -0.478 e. The van der Waals surface area contributed by atoms with Gasteiger partial charge in [-0.25, -0.2) is 14.8 Å². The van der Waals surface area contributed by atoms with Crippen molar-refractivity contribution in [3.63, 3.8) is 0 Å². The van der Waals surface area contributed by atoms with Crippen LogP contribution in [0.2, 0.25) is 0 Å². The van der Waals surface area contributed by atoms with E-state index in [1.807, 2.05) is 6.07 Å². The summed E-state index contributed by atoms with van der Waals surface area (Å²) >= 11 is 3.33. The van der Waals surface area contributed by atoms with Crippen molar-refractivity contribution in [3.8, 4) is 11.3 Å². The van der Waals surface area contributed by atoms with Crippen LogP contribution in [-0.2, 0) is 0 Å². The second-order valence-corrected chi connectivity index (χ2v) is 5.05. The molecule has 1 N–H and O–H groups in total. The Morgan fingerprint density at radius 1 is 1.10 bits per heavy atom. The number of pyridine rings is 1. The van der Waals surface area contributed by atoms with Gasteiger partial charge >= 0.3 is 5.97 Å². The fourth-order valence-electron chi connectivity index (χ4n) is 1.80. The molecule has 0 bridgehead atoms. The highest BCUT2D eigenvalue weighted by Gasteiger charge is 2.06. The Balaban J connectivity index is 2.05. The van der Waals surface area contributed by atoms with E-state index in [1.165, 1.54) is 0 Å². The van der Waals surface area contributed by atoms with Crippen LogP contribution in [0.4, 0.5) is 0 Å². The first-order valence-corrected chi connectivity index (χ1v) is 6.55. The molecule has 0 saturated carbocycles. The van der Waals surface area contributed by atoms with Crippen LogP contribution in [0.3, 0.4) is 0 Å². The van der Waals surface area contributed by atoms with Crippen LogP contribution < -0.4 is 0 Å². The molecule has 3 aromatic rings. The Kier molecular flexibility index (Phi) is 3.15. The van der Waals surface area contributed by atoms with E-state index in [-0.39, 0.29) is 5.56 Å². The zero-order valence-corrected chi connectivity index (χ0v) is 11.7. The van der Waals surface area contributed by atoms with Crippen LogP contribution in [0, 0.1) is 0 Å². The molecule has 0 unspecified atom stereocenters. The summed E-state index contributed by atoms with van der Waals surface area (Å²) in [6, 6.07) is 8.33. The van der Waals surface area contributed by atoms with E-state index in [0.29, 0.717) is 16.9 Å². The average Bonchev–Trinajstić information content (AvgIpc) is 2.47. The van der Waals surface area contributed by atoms with Crippen molar-refractivity contribution >= 4 is 33.1 Å². The number of aromatic carboxylic acids is 1. The van der Waals surface area contributed by atoms with Crippen molar-refractivity contribution in [2.45, 2.75) is 0 Å². The largest absolute Gasteiger partial charge is 0.478 e. The maximum atomic E-state index is 10.8. The number of fused-ring (bicyclic) bond motifs is 1. The number of benzene rings is 1. The van der Waals surface area contributed by atoms with Gasteiger partial charge in [-0.1, -0.05) is 12.1 Å². The van der Waals surface area contributed by atoms with Gasteiger partial charge in [0, 0.05) is 16.2 Å². The molecule has 0 radical (unpaired) electrons. The Morgan fingerprint density at radius 2 is 1.85 bits per heavy atom. The second kappa shape index (κ2) is 4.97. The number of aromatic nitrogens is 3. The van der Waals surface area contributed by atoms with Gasteiger partial charge in [-0.05, 0) is 34.1 Å². The van der Waals surface area contributed by atoms with Gasteiger partial charge in [-0.3, -0.25) is 4.98 Å². The first-order valence-electron chi connectivity index (χ1n) is 5.75. The maximum Gasteiger partial charge on any atom is 0.335 e. The van der Waals surface area contributed by atoms with Gasteiger partial charge < -0.3 is 5.11 Å². The van der Waals surface area contributed by atoms with Gasteiger partial charge in [-0.2, -0.15) is 0 Å². The zero-order chi connectivity index (χ0) is 14.1. The van der Waals surface area contributed by atoms with E-state index in [0.717, 1.165) is 10.0 Å². The summed E-state index contributed by atoms with van der Waals surface area (Å²) in [6.07, 6.45) is 3.31. The molecule has 0 aliphatic carbocycles. The summed E-state index contributed by atoms with van der Waals surface area (Å²) in [5.41, 5.74) is 2.95. The Labute approximate surface area is 122 Å². The van der Waals surface area contributed by atoms with Gasteiger partial charge in [0.15, 0.2) is 5.65 Å². The van der Waals surface area contributed by atoms with Crippen LogP contribution in [-0.4, -0.2) is 26.0 Å². The highest BCUT2D eigenvalue weighted by molar-refractivity contribution is 9.10. The van der Waals surface area contributed by atoms with Crippen molar-refractivity contribution in [3.05, 3.63) is 52.8 Å². The lowest BCUT2D eigenvalue weighted by Gasteiger charge is -2.03. The molecule has 0 spiro atoms. The molecule has 0 saturated heterocycles. The number of nitrogens with zero attached hydrogens (tertiary/aromatic N) is 3. The second-order valence-electron chi connectivity index (χ2n) is 4.13. The summed E-state index contributed by atoms with van der Waals surface area (Å²) in [5.74, 6) is -0.951. The van der Waals surface area contributed by atoms with Gasteiger partial charge in [0.25, 0.3) is 0 Å². The summed E-state index contributed by atoms with van der Waals surface area (Å²) in [6.45, 7) is 0.